The molecule has 0 amide bonds. The molecule has 2 atom stereocenters. The summed E-state index contributed by atoms with van der Waals surface area (Å²) >= 11 is 0. The lowest BCUT2D eigenvalue weighted by molar-refractivity contribution is -0.143. The molecule has 0 aliphatic rings. The molecule has 0 heterocycles. The molecule has 0 aromatic rings. The number of hydrogen-bond acceptors (Lipinski definition) is 8. The molecule has 0 spiro atoms. The maximum absolute atomic E-state index is 10.4. The van der Waals surface area contributed by atoms with Crippen LogP contribution in [-0.4, -0.2) is 98.4 Å². The maximum atomic E-state index is 10.4. The smallest absolute Gasteiger partial charge is 0.306 e. The van der Waals surface area contributed by atoms with Crippen molar-refractivity contribution >= 4 is 11.9 Å². The lowest BCUT2D eigenvalue weighted by Crippen LogP contribution is -2.13. The number of aliphatic carboxylic acids is 2. The zero-order chi connectivity index (χ0) is 27.9. The van der Waals surface area contributed by atoms with E-state index in [9.17, 15) is 9.59 Å². The summed E-state index contributed by atoms with van der Waals surface area (Å²) in [5.74, 6) is -1.51. The molecule has 0 radical (unpaired) electrons. The third-order valence-corrected chi connectivity index (χ3v) is 5.08. The van der Waals surface area contributed by atoms with Crippen molar-refractivity contribution < 1.29 is 49.0 Å². The summed E-state index contributed by atoms with van der Waals surface area (Å²) < 4.78 is 20.4. The standard InChI is InChI=1S/C10H22O6.2C8H16O2/c11-1-3-13-5-7-15-9-10-16-8-6-14-4-2-12;2*1-3-5-6-7(4-2)8(9)10/h11-12H,1-10H2;2*7H,3-6H2,1-2H3,(H,9,10). The average Bonchev–Trinajstić information content (AvgIpc) is 2.86. The van der Waals surface area contributed by atoms with Gasteiger partial charge in [0.15, 0.2) is 0 Å². The van der Waals surface area contributed by atoms with Crippen LogP contribution in [0.3, 0.4) is 0 Å². The lowest BCUT2D eigenvalue weighted by Gasteiger charge is -2.06. The molecule has 2 unspecified atom stereocenters. The first kappa shape index (κ1) is 39.2. The van der Waals surface area contributed by atoms with Gasteiger partial charge in [-0.15, -0.1) is 0 Å². The van der Waals surface area contributed by atoms with Gasteiger partial charge in [0, 0.05) is 0 Å². The minimum Gasteiger partial charge on any atom is -0.481 e. The molecule has 0 saturated heterocycles. The molecular formula is C26H54O10. The van der Waals surface area contributed by atoms with Crippen LogP contribution in [0.25, 0.3) is 0 Å². The van der Waals surface area contributed by atoms with Crippen molar-refractivity contribution in [1.29, 1.82) is 0 Å². The fourth-order valence-electron chi connectivity index (χ4n) is 2.80. The summed E-state index contributed by atoms with van der Waals surface area (Å²) in [6.45, 7) is 11.8. The van der Waals surface area contributed by atoms with E-state index in [1.54, 1.807) is 0 Å². The number of aliphatic hydroxyl groups is 2. The van der Waals surface area contributed by atoms with Crippen LogP contribution >= 0.6 is 0 Å². The Balaban J connectivity index is -0.000000476. The molecule has 0 fully saturated rings. The summed E-state index contributed by atoms with van der Waals surface area (Å²) in [4.78, 5) is 20.9. The molecule has 36 heavy (non-hydrogen) atoms. The summed E-state index contributed by atoms with van der Waals surface area (Å²) in [5, 5.41) is 34.0. The predicted octanol–water partition coefficient (Wildman–Crippen LogP) is 3.61. The minimum atomic E-state index is -0.643. The van der Waals surface area contributed by atoms with Gasteiger partial charge in [-0.2, -0.15) is 0 Å². The molecule has 0 aliphatic carbocycles. The molecule has 0 aromatic carbocycles. The highest BCUT2D eigenvalue weighted by Gasteiger charge is 2.13. The van der Waals surface area contributed by atoms with E-state index in [1.165, 1.54) is 0 Å². The molecule has 4 N–H and O–H groups in total. The number of unbranched alkanes of at least 4 members (excludes halogenated alkanes) is 2. The van der Waals surface area contributed by atoms with Crippen molar-refractivity contribution in [3.05, 3.63) is 0 Å². The Hall–Kier alpha value is -1.30. The van der Waals surface area contributed by atoms with Gasteiger partial charge in [0.2, 0.25) is 0 Å². The first-order valence-corrected chi connectivity index (χ1v) is 13.3. The Kier molecular flexibility index (Phi) is 36.7. The maximum Gasteiger partial charge on any atom is 0.306 e. The van der Waals surface area contributed by atoms with Gasteiger partial charge in [0.25, 0.3) is 0 Å². The Bertz CT molecular complexity index is 408. The zero-order valence-corrected chi connectivity index (χ0v) is 23.1. The van der Waals surface area contributed by atoms with Gasteiger partial charge in [0.1, 0.15) is 0 Å². The van der Waals surface area contributed by atoms with E-state index in [-0.39, 0.29) is 25.0 Å². The lowest BCUT2D eigenvalue weighted by atomic mass is 10.00. The molecular weight excluding hydrogens is 472 g/mol. The Morgan fingerprint density at radius 1 is 0.556 bits per heavy atom. The van der Waals surface area contributed by atoms with Crippen LogP contribution in [0.2, 0.25) is 0 Å². The molecule has 0 aromatic heterocycles. The highest BCUT2D eigenvalue weighted by atomic mass is 16.6. The van der Waals surface area contributed by atoms with Crippen LogP contribution in [0.15, 0.2) is 0 Å². The average molecular weight is 527 g/mol. The topological polar surface area (TPSA) is 152 Å². The predicted molar refractivity (Wildman–Crippen MR) is 139 cm³/mol. The number of rotatable bonds is 23. The summed E-state index contributed by atoms with van der Waals surface area (Å²) in [6.07, 6.45) is 7.43. The largest absolute Gasteiger partial charge is 0.481 e. The van der Waals surface area contributed by atoms with E-state index in [0.717, 1.165) is 51.4 Å². The second kappa shape index (κ2) is 33.7. The van der Waals surface area contributed by atoms with Crippen LogP contribution in [0.1, 0.15) is 79.1 Å². The molecule has 0 rings (SSSR count). The highest BCUT2D eigenvalue weighted by Crippen LogP contribution is 2.12. The van der Waals surface area contributed by atoms with Gasteiger partial charge in [-0.25, -0.2) is 0 Å². The van der Waals surface area contributed by atoms with E-state index in [2.05, 4.69) is 13.8 Å². The van der Waals surface area contributed by atoms with Crippen LogP contribution in [-0.2, 0) is 28.5 Å². The summed E-state index contributed by atoms with van der Waals surface area (Å²) in [6, 6.07) is 0. The van der Waals surface area contributed by atoms with Crippen LogP contribution < -0.4 is 0 Å². The SMILES string of the molecule is CCCCC(CC)C(=O)O.CCCCC(CC)C(=O)O.OCCOCCOCCOCCOCCO. The fraction of sp³-hybridized carbons (Fsp3) is 0.923. The number of aliphatic hydroxyl groups excluding tert-OH is 2. The van der Waals surface area contributed by atoms with E-state index in [1.807, 2.05) is 13.8 Å². The highest BCUT2D eigenvalue weighted by molar-refractivity contribution is 5.70. The summed E-state index contributed by atoms with van der Waals surface area (Å²) in [7, 11) is 0. The molecule has 0 bridgehead atoms. The minimum absolute atomic E-state index is 0.0386. The zero-order valence-electron chi connectivity index (χ0n) is 23.1. The monoisotopic (exact) mass is 526 g/mol. The first-order chi connectivity index (χ1) is 17.4. The second-order valence-electron chi connectivity index (χ2n) is 8.07. The fourth-order valence-corrected chi connectivity index (χ4v) is 2.80. The van der Waals surface area contributed by atoms with Gasteiger partial charge >= 0.3 is 11.9 Å². The third-order valence-electron chi connectivity index (χ3n) is 5.08. The third kappa shape index (κ3) is 32.7. The van der Waals surface area contributed by atoms with E-state index < -0.39 is 11.9 Å². The first-order valence-electron chi connectivity index (χ1n) is 13.3. The van der Waals surface area contributed by atoms with Crippen molar-refractivity contribution in [2.24, 2.45) is 11.8 Å². The number of carboxylic acid groups (broad SMARTS) is 2. The van der Waals surface area contributed by atoms with Crippen LogP contribution in [0.4, 0.5) is 0 Å². The molecule has 0 aliphatic heterocycles. The molecule has 10 nitrogen and oxygen atoms in total. The van der Waals surface area contributed by atoms with Crippen molar-refractivity contribution in [1.82, 2.24) is 0 Å². The molecule has 218 valence electrons. The van der Waals surface area contributed by atoms with E-state index in [4.69, 9.17) is 39.4 Å². The Morgan fingerprint density at radius 3 is 1.03 bits per heavy atom. The number of carboxylic acids is 2. The van der Waals surface area contributed by atoms with Crippen molar-refractivity contribution in [3.8, 4) is 0 Å². The van der Waals surface area contributed by atoms with Crippen molar-refractivity contribution in [2.45, 2.75) is 79.1 Å². The van der Waals surface area contributed by atoms with E-state index >= 15 is 0 Å². The van der Waals surface area contributed by atoms with Crippen LogP contribution in [0, 0.1) is 11.8 Å². The van der Waals surface area contributed by atoms with Gasteiger partial charge < -0.3 is 39.4 Å². The number of carbonyl (C=O) groups is 2. The number of hydrogen-bond donors (Lipinski definition) is 4. The van der Waals surface area contributed by atoms with Crippen molar-refractivity contribution in [3.63, 3.8) is 0 Å². The van der Waals surface area contributed by atoms with E-state index in [0.29, 0.717) is 52.9 Å². The Labute approximate surface area is 218 Å². The van der Waals surface area contributed by atoms with Crippen molar-refractivity contribution in [2.75, 3.05) is 66.1 Å². The molecule has 10 heteroatoms. The van der Waals surface area contributed by atoms with Gasteiger partial charge in [-0.05, 0) is 25.7 Å². The van der Waals surface area contributed by atoms with Gasteiger partial charge in [-0.1, -0.05) is 53.4 Å². The van der Waals surface area contributed by atoms with Gasteiger partial charge in [-0.3, -0.25) is 9.59 Å². The van der Waals surface area contributed by atoms with Crippen LogP contribution in [0.5, 0.6) is 0 Å². The second-order valence-corrected chi connectivity index (χ2v) is 8.07. The normalized spacial score (nSPS) is 12.1. The Morgan fingerprint density at radius 2 is 0.833 bits per heavy atom. The molecule has 0 saturated carbocycles. The quantitative estimate of drug-likeness (QED) is 0.145. The van der Waals surface area contributed by atoms with Gasteiger partial charge in [0.05, 0.1) is 77.9 Å². The summed E-state index contributed by atoms with van der Waals surface area (Å²) in [5.41, 5.74) is 0. The number of ether oxygens (including phenoxy) is 4.